The van der Waals surface area contributed by atoms with Gasteiger partial charge in [-0.2, -0.15) is 0 Å². The molecule has 0 radical (unpaired) electrons. The molecular formula is C17H16FN3O3S2. The zero-order chi connectivity index (χ0) is 18.9. The van der Waals surface area contributed by atoms with Gasteiger partial charge < -0.3 is 0 Å². The molecule has 1 amide bonds. The summed E-state index contributed by atoms with van der Waals surface area (Å²) in [6.45, 7) is 2.10. The summed E-state index contributed by atoms with van der Waals surface area (Å²) < 4.78 is 40.4. The predicted octanol–water partition coefficient (Wildman–Crippen LogP) is 3.33. The molecule has 0 saturated carbocycles. The minimum absolute atomic E-state index is 0.0837. The second kappa shape index (κ2) is 7.10. The first kappa shape index (κ1) is 18.4. The van der Waals surface area contributed by atoms with Gasteiger partial charge >= 0.3 is 0 Å². The monoisotopic (exact) mass is 393 g/mol. The molecule has 6 nitrogen and oxygen atoms in total. The first-order chi connectivity index (χ1) is 12.3. The van der Waals surface area contributed by atoms with Crippen molar-refractivity contribution in [3.8, 4) is 0 Å². The number of halogens is 1. The highest BCUT2D eigenvalue weighted by atomic mass is 32.2. The smallest absolute Gasteiger partial charge is 0.260 e. The summed E-state index contributed by atoms with van der Waals surface area (Å²) in [4.78, 5) is 16.6. The Morgan fingerprint density at radius 2 is 2.00 bits per heavy atom. The molecule has 0 bridgehead atoms. The van der Waals surface area contributed by atoms with Crippen LogP contribution in [0.4, 0.5) is 9.52 Å². The fourth-order valence-electron chi connectivity index (χ4n) is 2.28. The molecule has 0 spiro atoms. The molecule has 3 aromatic rings. The molecule has 0 aliphatic rings. The Bertz CT molecular complexity index is 1080. The van der Waals surface area contributed by atoms with Crippen LogP contribution in [0.3, 0.4) is 0 Å². The minimum Gasteiger partial charge on any atom is -0.298 e. The lowest BCUT2D eigenvalue weighted by molar-refractivity contribution is 0.102. The number of thiazole rings is 1. The van der Waals surface area contributed by atoms with E-state index < -0.39 is 21.7 Å². The molecule has 0 atom stereocenters. The van der Waals surface area contributed by atoms with E-state index in [2.05, 4.69) is 10.3 Å². The number of carbonyl (C=O) groups is 1. The highest BCUT2D eigenvalue weighted by molar-refractivity contribution is 7.89. The van der Waals surface area contributed by atoms with E-state index >= 15 is 0 Å². The Kier molecular flexibility index (Phi) is 5.03. The molecular weight excluding hydrogens is 377 g/mol. The van der Waals surface area contributed by atoms with Crippen LogP contribution in [-0.4, -0.2) is 37.2 Å². The Balaban J connectivity index is 1.91. The van der Waals surface area contributed by atoms with E-state index in [1.54, 1.807) is 19.1 Å². The molecule has 9 heteroatoms. The predicted molar refractivity (Wildman–Crippen MR) is 99.5 cm³/mol. The molecule has 26 heavy (non-hydrogen) atoms. The van der Waals surface area contributed by atoms with Gasteiger partial charge in [0.05, 0.1) is 20.7 Å². The molecule has 0 saturated heterocycles. The third-order valence-electron chi connectivity index (χ3n) is 3.85. The van der Waals surface area contributed by atoms with E-state index in [4.69, 9.17) is 0 Å². The number of nitrogens with one attached hydrogen (secondary N) is 1. The van der Waals surface area contributed by atoms with Gasteiger partial charge in [-0.25, -0.2) is 22.1 Å². The van der Waals surface area contributed by atoms with Crippen molar-refractivity contribution in [2.75, 3.05) is 18.9 Å². The standard InChI is InChI=1S/C17H16FN3O3S2/c1-3-21(2)26(23,24)11-8-9-14-15(10-11)25-17(19-14)20-16(22)12-6-4-5-7-13(12)18/h4-10H,3H2,1-2H3,(H,19,20,22). The Labute approximate surface area is 154 Å². The van der Waals surface area contributed by atoms with Crippen molar-refractivity contribution < 1.29 is 17.6 Å². The average molecular weight is 393 g/mol. The quantitative estimate of drug-likeness (QED) is 0.721. The molecule has 136 valence electrons. The number of carbonyl (C=O) groups excluding carboxylic acids is 1. The zero-order valence-corrected chi connectivity index (χ0v) is 15.7. The van der Waals surface area contributed by atoms with Crippen LogP contribution in [0.5, 0.6) is 0 Å². The Morgan fingerprint density at radius 1 is 1.27 bits per heavy atom. The van der Waals surface area contributed by atoms with Gasteiger partial charge in [0.2, 0.25) is 10.0 Å². The Hall–Kier alpha value is -2.36. The van der Waals surface area contributed by atoms with Crippen molar-refractivity contribution in [2.45, 2.75) is 11.8 Å². The third-order valence-corrected chi connectivity index (χ3v) is 6.71. The third kappa shape index (κ3) is 3.46. The second-order valence-corrected chi connectivity index (χ2v) is 8.58. The number of anilines is 1. The van der Waals surface area contributed by atoms with E-state index in [9.17, 15) is 17.6 Å². The number of nitrogens with zero attached hydrogens (tertiary/aromatic N) is 2. The zero-order valence-electron chi connectivity index (χ0n) is 14.1. The van der Waals surface area contributed by atoms with E-state index in [1.165, 1.54) is 41.7 Å². The summed E-state index contributed by atoms with van der Waals surface area (Å²) in [5.74, 6) is -1.23. The number of fused-ring (bicyclic) bond motifs is 1. The van der Waals surface area contributed by atoms with Crippen LogP contribution in [0.25, 0.3) is 10.2 Å². The lowest BCUT2D eigenvalue weighted by Crippen LogP contribution is -2.26. The number of rotatable bonds is 5. The summed E-state index contributed by atoms with van der Waals surface area (Å²) >= 11 is 1.13. The van der Waals surface area contributed by atoms with Crippen LogP contribution in [-0.2, 0) is 10.0 Å². The lowest BCUT2D eigenvalue weighted by Gasteiger charge is -2.14. The minimum atomic E-state index is -3.57. The van der Waals surface area contributed by atoms with E-state index in [1.807, 2.05) is 0 Å². The molecule has 3 rings (SSSR count). The van der Waals surface area contributed by atoms with Gasteiger partial charge in [0.15, 0.2) is 5.13 Å². The number of hydrogen-bond donors (Lipinski definition) is 1. The number of benzene rings is 2. The topological polar surface area (TPSA) is 79.4 Å². The summed E-state index contributed by atoms with van der Waals surface area (Å²) in [6.07, 6.45) is 0. The van der Waals surface area contributed by atoms with E-state index in [-0.39, 0.29) is 15.6 Å². The molecule has 0 aliphatic heterocycles. The summed E-state index contributed by atoms with van der Waals surface area (Å²) in [7, 11) is -2.06. The molecule has 1 heterocycles. The van der Waals surface area contributed by atoms with Crippen molar-refractivity contribution in [1.82, 2.24) is 9.29 Å². The molecule has 2 aromatic carbocycles. The molecule has 1 aromatic heterocycles. The van der Waals surface area contributed by atoms with Gasteiger partial charge in [-0.1, -0.05) is 30.4 Å². The molecule has 0 aliphatic carbocycles. The SMILES string of the molecule is CCN(C)S(=O)(=O)c1ccc2nc(NC(=O)c3ccccc3F)sc2c1. The number of amides is 1. The molecule has 0 fully saturated rings. The van der Waals surface area contributed by atoms with Crippen LogP contribution < -0.4 is 5.32 Å². The van der Waals surface area contributed by atoms with Gasteiger partial charge in [-0.05, 0) is 30.3 Å². The van der Waals surface area contributed by atoms with Gasteiger partial charge in [-0.3, -0.25) is 10.1 Å². The van der Waals surface area contributed by atoms with Crippen LogP contribution in [0.15, 0.2) is 47.4 Å². The van der Waals surface area contributed by atoms with Crippen molar-refractivity contribution in [3.63, 3.8) is 0 Å². The Morgan fingerprint density at radius 3 is 2.69 bits per heavy atom. The average Bonchev–Trinajstić information content (AvgIpc) is 3.02. The second-order valence-electron chi connectivity index (χ2n) is 5.50. The van der Waals surface area contributed by atoms with Crippen LogP contribution in [0.1, 0.15) is 17.3 Å². The van der Waals surface area contributed by atoms with Crippen molar-refractivity contribution in [1.29, 1.82) is 0 Å². The number of aromatic nitrogens is 1. The van der Waals surface area contributed by atoms with Crippen LogP contribution >= 0.6 is 11.3 Å². The van der Waals surface area contributed by atoms with Gasteiger partial charge in [0, 0.05) is 13.6 Å². The van der Waals surface area contributed by atoms with Crippen molar-refractivity contribution >= 4 is 42.6 Å². The first-order valence-corrected chi connectivity index (χ1v) is 10.0. The van der Waals surface area contributed by atoms with E-state index in [0.717, 1.165) is 11.3 Å². The van der Waals surface area contributed by atoms with E-state index in [0.29, 0.717) is 16.8 Å². The maximum absolute atomic E-state index is 13.7. The summed E-state index contributed by atoms with van der Waals surface area (Å²) in [5.41, 5.74) is 0.469. The highest BCUT2D eigenvalue weighted by Crippen LogP contribution is 2.29. The number of sulfonamides is 1. The van der Waals surface area contributed by atoms with Crippen LogP contribution in [0.2, 0.25) is 0 Å². The van der Waals surface area contributed by atoms with Crippen molar-refractivity contribution in [2.24, 2.45) is 0 Å². The highest BCUT2D eigenvalue weighted by Gasteiger charge is 2.20. The van der Waals surface area contributed by atoms with Crippen molar-refractivity contribution in [3.05, 3.63) is 53.8 Å². The lowest BCUT2D eigenvalue weighted by atomic mass is 10.2. The van der Waals surface area contributed by atoms with Gasteiger partial charge in [0.1, 0.15) is 5.82 Å². The number of hydrogen-bond acceptors (Lipinski definition) is 5. The molecule has 1 N–H and O–H groups in total. The summed E-state index contributed by atoms with van der Waals surface area (Å²) in [6, 6.07) is 10.2. The largest absolute Gasteiger partial charge is 0.298 e. The van der Waals surface area contributed by atoms with Crippen LogP contribution in [0, 0.1) is 5.82 Å². The normalized spacial score (nSPS) is 11.8. The van der Waals surface area contributed by atoms with Gasteiger partial charge in [-0.15, -0.1) is 0 Å². The maximum Gasteiger partial charge on any atom is 0.260 e. The summed E-state index contributed by atoms with van der Waals surface area (Å²) in [5, 5.41) is 2.82. The van der Waals surface area contributed by atoms with Gasteiger partial charge in [0.25, 0.3) is 5.91 Å². The fourth-order valence-corrected chi connectivity index (χ4v) is 4.46. The molecule has 0 unspecified atom stereocenters. The maximum atomic E-state index is 13.7. The first-order valence-electron chi connectivity index (χ1n) is 7.75. The fraction of sp³-hybridized carbons (Fsp3) is 0.176.